The van der Waals surface area contributed by atoms with Gasteiger partial charge in [0.2, 0.25) is 0 Å². The van der Waals surface area contributed by atoms with Crippen molar-refractivity contribution in [2.75, 3.05) is 31.7 Å². The third-order valence-corrected chi connectivity index (χ3v) is 2.49. The number of hydrogen-bond donors (Lipinski definition) is 3. The molecule has 0 saturated carbocycles. The molecule has 80 valence electrons. The van der Waals surface area contributed by atoms with E-state index in [1.807, 2.05) is 0 Å². The average molecular weight is 211 g/mol. The lowest BCUT2D eigenvalue weighted by Gasteiger charge is -2.07. The Morgan fingerprint density at radius 3 is 2.54 bits per heavy atom. The predicted molar refractivity (Wildman–Crippen MR) is 50.3 cm³/mol. The summed E-state index contributed by atoms with van der Waals surface area (Å²) in [5.74, 6) is 0.148. The first-order valence-corrected chi connectivity index (χ1v) is 6.19. The molecule has 0 aliphatic carbocycles. The highest BCUT2D eigenvalue weighted by atomic mass is 32.2. The van der Waals surface area contributed by atoms with Gasteiger partial charge in [-0.25, -0.2) is 8.42 Å². The fourth-order valence-corrected chi connectivity index (χ4v) is 1.46. The molecule has 1 unspecified atom stereocenters. The van der Waals surface area contributed by atoms with Crippen LogP contribution >= 0.6 is 0 Å². The Balaban J connectivity index is 3.27. The summed E-state index contributed by atoms with van der Waals surface area (Å²) in [6.45, 7) is 0.545. The van der Waals surface area contributed by atoms with Crippen molar-refractivity contribution in [1.82, 2.24) is 5.32 Å². The largest absolute Gasteiger partial charge is 0.394 e. The molecule has 0 bridgehead atoms. The first kappa shape index (κ1) is 12.8. The van der Waals surface area contributed by atoms with Crippen molar-refractivity contribution < 1.29 is 18.6 Å². The topological polar surface area (TPSA) is 86.6 Å². The predicted octanol–water partition coefficient (Wildman–Crippen LogP) is -1.64. The van der Waals surface area contributed by atoms with Crippen LogP contribution in [-0.4, -0.2) is 56.4 Å². The minimum atomic E-state index is -2.88. The van der Waals surface area contributed by atoms with Gasteiger partial charge in [0.05, 0.1) is 18.5 Å². The minimum Gasteiger partial charge on any atom is -0.394 e. The Morgan fingerprint density at radius 1 is 1.46 bits per heavy atom. The van der Waals surface area contributed by atoms with Crippen molar-refractivity contribution >= 4 is 9.84 Å². The summed E-state index contributed by atoms with van der Waals surface area (Å²) < 4.78 is 21.3. The van der Waals surface area contributed by atoms with E-state index in [4.69, 9.17) is 10.2 Å². The lowest BCUT2D eigenvalue weighted by atomic mass is 10.3. The van der Waals surface area contributed by atoms with Crippen LogP contribution in [0.15, 0.2) is 0 Å². The second kappa shape index (κ2) is 6.31. The maximum Gasteiger partial charge on any atom is 0.147 e. The summed E-state index contributed by atoms with van der Waals surface area (Å²) in [7, 11) is -2.88. The zero-order valence-electron chi connectivity index (χ0n) is 7.73. The highest BCUT2D eigenvalue weighted by Gasteiger charge is 2.02. The lowest BCUT2D eigenvalue weighted by Crippen LogP contribution is -2.30. The van der Waals surface area contributed by atoms with E-state index in [2.05, 4.69) is 5.32 Å². The van der Waals surface area contributed by atoms with Crippen LogP contribution in [0.5, 0.6) is 0 Å². The number of sulfone groups is 1. The van der Waals surface area contributed by atoms with E-state index in [9.17, 15) is 8.42 Å². The van der Waals surface area contributed by atoms with Crippen molar-refractivity contribution in [2.24, 2.45) is 0 Å². The van der Waals surface area contributed by atoms with E-state index >= 15 is 0 Å². The molecule has 0 rings (SSSR count). The maximum atomic E-state index is 10.7. The van der Waals surface area contributed by atoms with Crippen LogP contribution in [0.1, 0.15) is 6.42 Å². The first-order valence-electron chi connectivity index (χ1n) is 4.13. The third-order valence-electron chi connectivity index (χ3n) is 1.46. The van der Waals surface area contributed by atoms with Gasteiger partial charge in [-0.3, -0.25) is 0 Å². The smallest absolute Gasteiger partial charge is 0.147 e. The van der Waals surface area contributed by atoms with Gasteiger partial charge in [0.1, 0.15) is 9.84 Å². The fraction of sp³-hybridized carbons (Fsp3) is 1.00. The van der Waals surface area contributed by atoms with Crippen molar-refractivity contribution in [1.29, 1.82) is 0 Å². The van der Waals surface area contributed by atoms with E-state index < -0.39 is 15.9 Å². The molecule has 0 aromatic heterocycles. The molecule has 0 radical (unpaired) electrons. The highest BCUT2D eigenvalue weighted by Crippen LogP contribution is 1.87. The maximum absolute atomic E-state index is 10.7. The van der Waals surface area contributed by atoms with Gasteiger partial charge in [-0.1, -0.05) is 0 Å². The van der Waals surface area contributed by atoms with Crippen LogP contribution < -0.4 is 5.32 Å². The monoisotopic (exact) mass is 211 g/mol. The number of hydrogen-bond acceptors (Lipinski definition) is 5. The second-order valence-corrected chi connectivity index (χ2v) is 5.28. The van der Waals surface area contributed by atoms with E-state index in [1.165, 1.54) is 6.26 Å². The molecule has 13 heavy (non-hydrogen) atoms. The Bertz CT molecular complexity index is 215. The minimum absolute atomic E-state index is 0.148. The highest BCUT2D eigenvalue weighted by molar-refractivity contribution is 7.90. The van der Waals surface area contributed by atoms with Crippen LogP contribution in [0.2, 0.25) is 0 Å². The van der Waals surface area contributed by atoms with Crippen LogP contribution in [0.3, 0.4) is 0 Å². The molecule has 0 heterocycles. The first-order chi connectivity index (χ1) is 5.95. The standard InChI is InChI=1S/C7H17NO4S/c1-13(11,12)4-2-3-8-5-7(10)6-9/h7-10H,2-6H2,1H3. The van der Waals surface area contributed by atoms with Gasteiger partial charge in [-0.15, -0.1) is 0 Å². The van der Waals surface area contributed by atoms with Crippen molar-refractivity contribution in [3.05, 3.63) is 0 Å². The molecule has 6 heteroatoms. The molecule has 5 nitrogen and oxygen atoms in total. The van der Waals surface area contributed by atoms with E-state index in [-0.39, 0.29) is 12.4 Å². The van der Waals surface area contributed by atoms with Gasteiger partial charge in [-0.05, 0) is 13.0 Å². The van der Waals surface area contributed by atoms with Gasteiger partial charge >= 0.3 is 0 Å². The summed E-state index contributed by atoms with van der Waals surface area (Å²) in [5.41, 5.74) is 0. The number of nitrogens with one attached hydrogen (secondary N) is 1. The van der Waals surface area contributed by atoms with Crippen molar-refractivity contribution in [3.63, 3.8) is 0 Å². The summed E-state index contributed by atoms with van der Waals surface area (Å²) in [5, 5.41) is 20.2. The van der Waals surface area contributed by atoms with Gasteiger partial charge in [-0.2, -0.15) is 0 Å². The van der Waals surface area contributed by atoms with E-state index in [0.717, 1.165) is 0 Å². The van der Waals surface area contributed by atoms with E-state index in [1.54, 1.807) is 0 Å². The zero-order chi connectivity index (χ0) is 10.3. The van der Waals surface area contributed by atoms with Gasteiger partial charge < -0.3 is 15.5 Å². The summed E-state index contributed by atoms with van der Waals surface area (Å²) >= 11 is 0. The molecule has 1 atom stereocenters. The lowest BCUT2D eigenvalue weighted by molar-refractivity contribution is 0.0946. The molecule has 0 fully saturated rings. The Kier molecular flexibility index (Phi) is 6.23. The average Bonchev–Trinajstić information content (AvgIpc) is 2.01. The zero-order valence-corrected chi connectivity index (χ0v) is 8.55. The Morgan fingerprint density at radius 2 is 2.08 bits per heavy atom. The Labute approximate surface area is 78.7 Å². The second-order valence-electron chi connectivity index (χ2n) is 3.02. The molecule has 0 saturated heterocycles. The molecule has 0 amide bonds. The third kappa shape index (κ3) is 9.75. The molecule has 0 aromatic carbocycles. The van der Waals surface area contributed by atoms with Gasteiger partial charge in [0, 0.05) is 12.8 Å². The molecule has 0 aliphatic rings. The van der Waals surface area contributed by atoms with Crippen molar-refractivity contribution in [2.45, 2.75) is 12.5 Å². The van der Waals surface area contributed by atoms with Gasteiger partial charge in [0.15, 0.2) is 0 Å². The summed E-state index contributed by atoms with van der Waals surface area (Å²) in [6, 6.07) is 0. The molecular weight excluding hydrogens is 194 g/mol. The number of aliphatic hydroxyl groups is 2. The van der Waals surface area contributed by atoms with Crippen molar-refractivity contribution in [3.8, 4) is 0 Å². The molecule has 0 aromatic rings. The fourth-order valence-electron chi connectivity index (χ4n) is 0.793. The normalized spacial score (nSPS) is 14.4. The molecule has 0 spiro atoms. The van der Waals surface area contributed by atoms with Crippen LogP contribution in [0, 0.1) is 0 Å². The summed E-state index contributed by atoms with van der Waals surface area (Å²) in [6.07, 6.45) is 0.949. The number of aliphatic hydroxyl groups excluding tert-OH is 2. The quantitative estimate of drug-likeness (QED) is 0.440. The molecular formula is C7H17NO4S. The molecule has 0 aliphatic heterocycles. The van der Waals surface area contributed by atoms with Crippen LogP contribution in [-0.2, 0) is 9.84 Å². The number of rotatable bonds is 7. The van der Waals surface area contributed by atoms with Crippen LogP contribution in [0.25, 0.3) is 0 Å². The Hall–Kier alpha value is -0.170. The SMILES string of the molecule is CS(=O)(=O)CCCNCC(O)CO. The van der Waals surface area contributed by atoms with E-state index in [0.29, 0.717) is 19.5 Å². The summed E-state index contributed by atoms with van der Waals surface area (Å²) in [4.78, 5) is 0. The molecule has 3 N–H and O–H groups in total. The van der Waals surface area contributed by atoms with Crippen LogP contribution in [0.4, 0.5) is 0 Å². The van der Waals surface area contributed by atoms with Gasteiger partial charge in [0.25, 0.3) is 0 Å².